The molecule has 0 spiro atoms. The highest BCUT2D eigenvalue weighted by Gasteiger charge is 2.19. The Morgan fingerprint density at radius 1 is 1.16 bits per heavy atom. The molecule has 0 saturated heterocycles. The average molecular weight is 286 g/mol. The van der Waals surface area contributed by atoms with E-state index in [1.165, 1.54) is 4.31 Å². The predicted octanol–water partition coefficient (Wildman–Crippen LogP) is 1.51. The van der Waals surface area contributed by atoms with Gasteiger partial charge in [0.1, 0.15) is 0 Å². The number of nitrogens with zero attached hydrogens (tertiary/aromatic N) is 1. The molecule has 108 valence electrons. The molecule has 2 N–H and O–H groups in total. The minimum atomic E-state index is -3.41. The monoisotopic (exact) mass is 286 g/mol. The van der Waals surface area contributed by atoms with E-state index in [2.05, 4.69) is 5.32 Å². The van der Waals surface area contributed by atoms with Crippen LogP contribution in [0.1, 0.15) is 19.3 Å². The van der Waals surface area contributed by atoms with E-state index in [1.807, 2.05) is 0 Å². The molecule has 0 radical (unpaired) electrons. The Kier molecular flexibility index (Phi) is 6.27. The first-order chi connectivity index (χ1) is 9.02. The first-order valence-corrected chi connectivity index (χ1v) is 7.81. The smallest absolute Gasteiger partial charge is 0.242 e. The van der Waals surface area contributed by atoms with Crippen LogP contribution in [0.2, 0.25) is 0 Å². The van der Waals surface area contributed by atoms with Crippen LogP contribution in [-0.4, -0.2) is 45.1 Å². The summed E-state index contributed by atoms with van der Waals surface area (Å²) in [6.07, 6.45) is 2.30. The van der Waals surface area contributed by atoms with Crippen molar-refractivity contribution in [2.75, 3.05) is 32.6 Å². The number of hydrogen-bond donors (Lipinski definition) is 2. The number of anilines is 1. The van der Waals surface area contributed by atoms with E-state index in [4.69, 9.17) is 5.11 Å². The molecule has 0 unspecified atom stereocenters. The molecule has 0 atom stereocenters. The maximum atomic E-state index is 12.3. The van der Waals surface area contributed by atoms with Crippen LogP contribution in [0.25, 0.3) is 0 Å². The molecule has 0 bridgehead atoms. The first kappa shape index (κ1) is 15.9. The van der Waals surface area contributed by atoms with Crippen molar-refractivity contribution in [1.29, 1.82) is 0 Å². The maximum Gasteiger partial charge on any atom is 0.242 e. The number of nitrogens with one attached hydrogen (secondary N) is 1. The third kappa shape index (κ3) is 4.49. The van der Waals surface area contributed by atoms with Crippen LogP contribution in [0.15, 0.2) is 29.2 Å². The lowest BCUT2D eigenvalue weighted by molar-refractivity contribution is 0.281. The quantitative estimate of drug-likeness (QED) is 0.711. The lowest BCUT2D eigenvalue weighted by Crippen LogP contribution is -2.28. The van der Waals surface area contributed by atoms with Crippen molar-refractivity contribution in [3.8, 4) is 0 Å². The third-order valence-electron chi connectivity index (χ3n) is 2.98. The summed E-state index contributed by atoms with van der Waals surface area (Å²) in [7, 11) is -0.0360. The minimum absolute atomic E-state index is 0.155. The van der Waals surface area contributed by atoms with Crippen molar-refractivity contribution in [3.63, 3.8) is 0 Å². The van der Waals surface area contributed by atoms with Gasteiger partial charge in [0.15, 0.2) is 0 Å². The SMILES string of the molecule is CNc1ccc(S(=O)(=O)N(C)CCCCCO)cc1. The number of benzene rings is 1. The van der Waals surface area contributed by atoms with Crippen LogP contribution in [0.5, 0.6) is 0 Å². The van der Waals surface area contributed by atoms with Crippen molar-refractivity contribution >= 4 is 15.7 Å². The summed E-state index contributed by atoms with van der Waals surface area (Å²) in [5.74, 6) is 0. The van der Waals surface area contributed by atoms with Gasteiger partial charge in [-0.15, -0.1) is 0 Å². The van der Waals surface area contributed by atoms with Gasteiger partial charge in [0.05, 0.1) is 4.90 Å². The number of aliphatic hydroxyl groups is 1. The zero-order chi connectivity index (χ0) is 14.3. The molecule has 0 aliphatic rings. The molecule has 1 aromatic carbocycles. The van der Waals surface area contributed by atoms with Crippen LogP contribution in [0.3, 0.4) is 0 Å². The Bertz CT molecular complexity index is 471. The summed E-state index contributed by atoms with van der Waals surface area (Å²) in [5.41, 5.74) is 0.879. The number of sulfonamides is 1. The highest BCUT2D eigenvalue weighted by Crippen LogP contribution is 2.17. The van der Waals surface area contributed by atoms with E-state index >= 15 is 0 Å². The van der Waals surface area contributed by atoms with E-state index in [9.17, 15) is 8.42 Å². The van der Waals surface area contributed by atoms with E-state index in [1.54, 1.807) is 38.4 Å². The Labute approximate surface area is 115 Å². The lowest BCUT2D eigenvalue weighted by Gasteiger charge is -2.17. The standard InChI is InChI=1S/C13H22N2O3S/c1-14-12-6-8-13(9-7-12)19(17,18)15(2)10-4-3-5-11-16/h6-9,14,16H,3-5,10-11H2,1-2H3. The van der Waals surface area contributed by atoms with Crippen molar-refractivity contribution in [2.24, 2.45) is 0 Å². The number of hydrogen-bond acceptors (Lipinski definition) is 4. The summed E-state index contributed by atoms with van der Waals surface area (Å²) in [6, 6.07) is 6.69. The van der Waals surface area contributed by atoms with Crippen LogP contribution in [-0.2, 0) is 10.0 Å². The van der Waals surface area contributed by atoms with E-state index in [0.717, 1.165) is 18.5 Å². The molecular formula is C13H22N2O3S. The Morgan fingerprint density at radius 3 is 2.32 bits per heavy atom. The molecule has 0 aromatic heterocycles. The molecule has 1 aromatic rings. The zero-order valence-corrected chi connectivity index (χ0v) is 12.3. The van der Waals surface area contributed by atoms with Gasteiger partial charge in [0.25, 0.3) is 0 Å². The van der Waals surface area contributed by atoms with Crippen molar-refractivity contribution in [1.82, 2.24) is 4.31 Å². The molecular weight excluding hydrogens is 264 g/mol. The van der Waals surface area contributed by atoms with Crippen LogP contribution >= 0.6 is 0 Å². The molecule has 0 aliphatic heterocycles. The largest absolute Gasteiger partial charge is 0.396 e. The number of aliphatic hydroxyl groups excluding tert-OH is 1. The van der Waals surface area contributed by atoms with Gasteiger partial charge >= 0.3 is 0 Å². The second kappa shape index (κ2) is 7.47. The Morgan fingerprint density at radius 2 is 1.79 bits per heavy atom. The molecule has 1 rings (SSSR count). The summed E-state index contributed by atoms with van der Waals surface area (Å²) < 4.78 is 25.9. The molecule has 6 heteroatoms. The fourth-order valence-electron chi connectivity index (χ4n) is 1.72. The molecule has 0 heterocycles. The number of rotatable bonds is 8. The highest BCUT2D eigenvalue weighted by atomic mass is 32.2. The van der Waals surface area contributed by atoms with Gasteiger partial charge in [0.2, 0.25) is 10.0 Å². The summed E-state index contributed by atoms with van der Waals surface area (Å²) in [4.78, 5) is 0.302. The van der Waals surface area contributed by atoms with Gasteiger partial charge in [-0.3, -0.25) is 0 Å². The van der Waals surface area contributed by atoms with E-state index < -0.39 is 10.0 Å². The second-order valence-corrected chi connectivity index (χ2v) is 6.43. The molecule has 19 heavy (non-hydrogen) atoms. The molecule has 0 fully saturated rings. The van der Waals surface area contributed by atoms with Gasteiger partial charge in [-0.05, 0) is 43.5 Å². The van der Waals surface area contributed by atoms with Gasteiger partial charge in [-0.1, -0.05) is 0 Å². The van der Waals surface area contributed by atoms with Crippen LogP contribution in [0.4, 0.5) is 5.69 Å². The molecule has 0 amide bonds. The Balaban J connectivity index is 2.67. The normalized spacial score (nSPS) is 11.8. The molecule has 5 nitrogen and oxygen atoms in total. The zero-order valence-electron chi connectivity index (χ0n) is 11.5. The minimum Gasteiger partial charge on any atom is -0.396 e. The van der Waals surface area contributed by atoms with Crippen molar-refractivity contribution in [3.05, 3.63) is 24.3 Å². The predicted molar refractivity (Wildman–Crippen MR) is 76.7 cm³/mol. The van der Waals surface area contributed by atoms with Crippen LogP contribution in [0, 0.1) is 0 Å². The van der Waals surface area contributed by atoms with E-state index in [-0.39, 0.29) is 6.61 Å². The fourth-order valence-corrected chi connectivity index (χ4v) is 2.93. The topological polar surface area (TPSA) is 69.6 Å². The highest BCUT2D eigenvalue weighted by molar-refractivity contribution is 7.89. The van der Waals surface area contributed by atoms with Gasteiger partial charge in [-0.25, -0.2) is 12.7 Å². The van der Waals surface area contributed by atoms with Gasteiger partial charge < -0.3 is 10.4 Å². The van der Waals surface area contributed by atoms with Crippen molar-refractivity contribution < 1.29 is 13.5 Å². The first-order valence-electron chi connectivity index (χ1n) is 6.37. The fraction of sp³-hybridized carbons (Fsp3) is 0.538. The van der Waals surface area contributed by atoms with Gasteiger partial charge in [0, 0.05) is 32.9 Å². The van der Waals surface area contributed by atoms with E-state index in [0.29, 0.717) is 17.9 Å². The lowest BCUT2D eigenvalue weighted by atomic mass is 10.2. The maximum absolute atomic E-state index is 12.3. The molecule has 0 saturated carbocycles. The average Bonchev–Trinajstić information content (AvgIpc) is 2.43. The van der Waals surface area contributed by atoms with Gasteiger partial charge in [-0.2, -0.15) is 0 Å². The summed E-state index contributed by atoms with van der Waals surface area (Å²) in [6.45, 7) is 0.623. The molecule has 0 aliphatic carbocycles. The second-order valence-electron chi connectivity index (χ2n) is 4.39. The third-order valence-corrected chi connectivity index (χ3v) is 4.85. The Hall–Kier alpha value is -1.11. The van der Waals surface area contributed by atoms with Crippen molar-refractivity contribution in [2.45, 2.75) is 24.2 Å². The summed E-state index contributed by atoms with van der Waals surface area (Å²) in [5, 5.41) is 11.6. The summed E-state index contributed by atoms with van der Waals surface area (Å²) >= 11 is 0. The number of unbranched alkanes of at least 4 members (excludes halogenated alkanes) is 2. The van der Waals surface area contributed by atoms with Crippen LogP contribution < -0.4 is 5.32 Å².